The Hall–Kier alpha value is -2.34. The minimum atomic E-state index is 0.169. The van der Waals surface area contributed by atoms with Gasteiger partial charge in [-0.2, -0.15) is 5.10 Å². The van der Waals surface area contributed by atoms with Crippen molar-refractivity contribution in [1.29, 1.82) is 0 Å². The second kappa shape index (κ2) is 9.55. The van der Waals surface area contributed by atoms with Crippen molar-refractivity contribution in [2.45, 2.75) is 32.2 Å². The molecule has 2 heterocycles. The van der Waals surface area contributed by atoms with Gasteiger partial charge in [-0.1, -0.05) is 12.1 Å². The third-order valence-electron chi connectivity index (χ3n) is 5.36. The maximum absolute atomic E-state index is 12.2. The van der Waals surface area contributed by atoms with Crippen LogP contribution in [0.1, 0.15) is 30.5 Å². The van der Waals surface area contributed by atoms with Crippen molar-refractivity contribution in [2.75, 3.05) is 26.7 Å². The quantitative estimate of drug-likeness (QED) is 0.775. The fourth-order valence-electron chi connectivity index (χ4n) is 3.64. The van der Waals surface area contributed by atoms with Crippen LogP contribution in [0.2, 0.25) is 0 Å². The molecule has 0 atom stereocenters. The van der Waals surface area contributed by atoms with Crippen molar-refractivity contribution in [3.05, 3.63) is 47.8 Å². The van der Waals surface area contributed by atoms with Crippen LogP contribution in [0, 0.1) is 5.92 Å². The molecule has 0 saturated carbocycles. The summed E-state index contributed by atoms with van der Waals surface area (Å²) < 4.78 is 7.17. The van der Waals surface area contributed by atoms with E-state index < -0.39 is 0 Å². The number of aryl methyl sites for hydroxylation is 1. The number of aromatic nitrogens is 2. The first-order chi connectivity index (χ1) is 13.1. The zero-order chi connectivity index (χ0) is 19.1. The summed E-state index contributed by atoms with van der Waals surface area (Å²) >= 11 is 0. The van der Waals surface area contributed by atoms with Gasteiger partial charge in [-0.25, -0.2) is 0 Å². The van der Waals surface area contributed by atoms with E-state index in [2.05, 4.69) is 27.4 Å². The molecule has 1 amide bonds. The molecular weight excluding hydrogens is 340 g/mol. The molecule has 2 aromatic rings. The van der Waals surface area contributed by atoms with E-state index in [4.69, 9.17) is 4.74 Å². The van der Waals surface area contributed by atoms with Crippen LogP contribution < -0.4 is 10.1 Å². The first-order valence-corrected chi connectivity index (χ1v) is 9.73. The predicted molar refractivity (Wildman–Crippen MR) is 106 cm³/mol. The first-order valence-electron chi connectivity index (χ1n) is 9.73. The molecule has 1 N–H and O–H groups in total. The molecule has 1 aliphatic heterocycles. The third kappa shape index (κ3) is 5.82. The van der Waals surface area contributed by atoms with Gasteiger partial charge in [0.1, 0.15) is 5.75 Å². The average molecular weight is 370 g/mol. The van der Waals surface area contributed by atoms with E-state index in [0.29, 0.717) is 18.9 Å². The fraction of sp³-hybridized carbons (Fsp3) is 0.524. The van der Waals surface area contributed by atoms with Crippen molar-refractivity contribution in [3.8, 4) is 5.75 Å². The van der Waals surface area contributed by atoms with Crippen LogP contribution in [0.25, 0.3) is 0 Å². The summed E-state index contributed by atoms with van der Waals surface area (Å²) in [5, 5.41) is 7.29. The summed E-state index contributed by atoms with van der Waals surface area (Å²) in [7, 11) is 3.65. The van der Waals surface area contributed by atoms with Crippen LogP contribution in [0.4, 0.5) is 0 Å². The van der Waals surface area contributed by atoms with Gasteiger partial charge in [0.05, 0.1) is 12.8 Å². The van der Waals surface area contributed by atoms with Crippen LogP contribution in [0.3, 0.4) is 0 Å². The zero-order valence-corrected chi connectivity index (χ0v) is 16.4. The molecular formula is C21H30N4O2. The molecule has 27 heavy (non-hydrogen) atoms. The molecule has 6 nitrogen and oxygen atoms in total. The first kappa shape index (κ1) is 19.4. The third-order valence-corrected chi connectivity index (χ3v) is 5.36. The maximum Gasteiger partial charge on any atom is 0.220 e. The normalized spacial score (nSPS) is 15.6. The number of amides is 1. The molecule has 0 radical (unpaired) electrons. The van der Waals surface area contributed by atoms with Gasteiger partial charge < -0.3 is 10.1 Å². The van der Waals surface area contributed by atoms with E-state index >= 15 is 0 Å². The minimum absolute atomic E-state index is 0.169. The molecule has 1 fully saturated rings. The molecule has 1 aromatic heterocycles. The Balaban J connectivity index is 1.34. The van der Waals surface area contributed by atoms with Gasteiger partial charge >= 0.3 is 0 Å². The number of nitrogens with zero attached hydrogens (tertiary/aromatic N) is 3. The Bertz CT molecular complexity index is 735. The highest BCUT2D eigenvalue weighted by Crippen LogP contribution is 2.21. The molecule has 0 spiro atoms. The number of ether oxygens (including phenoxy) is 1. The number of piperidine rings is 1. The van der Waals surface area contributed by atoms with Crippen LogP contribution in [0.5, 0.6) is 5.75 Å². The number of hydrogen-bond donors (Lipinski definition) is 1. The number of nitrogens with one attached hydrogen (secondary N) is 1. The van der Waals surface area contributed by atoms with E-state index in [9.17, 15) is 4.79 Å². The summed E-state index contributed by atoms with van der Waals surface area (Å²) in [6.45, 7) is 3.71. The highest BCUT2D eigenvalue weighted by atomic mass is 16.5. The number of methoxy groups -OCH3 is 1. The van der Waals surface area contributed by atoms with E-state index in [0.717, 1.165) is 44.6 Å². The van der Waals surface area contributed by atoms with Gasteiger partial charge in [0, 0.05) is 32.8 Å². The van der Waals surface area contributed by atoms with Crippen molar-refractivity contribution >= 4 is 5.91 Å². The number of rotatable bonds is 8. The van der Waals surface area contributed by atoms with Crippen LogP contribution in [0.15, 0.2) is 36.5 Å². The molecule has 3 rings (SSSR count). The van der Waals surface area contributed by atoms with E-state index in [1.807, 2.05) is 36.1 Å². The zero-order valence-electron chi connectivity index (χ0n) is 16.4. The van der Waals surface area contributed by atoms with Crippen molar-refractivity contribution in [2.24, 2.45) is 13.0 Å². The smallest absolute Gasteiger partial charge is 0.220 e. The summed E-state index contributed by atoms with van der Waals surface area (Å²) in [5.74, 6) is 1.52. The molecule has 0 aliphatic carbocycles. The summed E-state index contributed by atoms with van der Waals surface area (Å²) in [4.78, 5) is 14.7. The minimum Gasteiger partial charge on any atom is -0.497 e. The summed E-state index contributed by atoms with van der Waals surface area (Å²) in [5.41, 5.74) is 2.42. The number of carbonyl (C=O) groups excluding carboxylic acids is 1. The molecule has 1 saturated heterocycles. The van der Waals surface area contributed by atoms with Gasteiger partial charge in [0.2, 0.25) is 5.91 Å². The summed E-state index contributed by atoms with van der Waals surface area (Å²) in [6.07, 6.45) is 5.48. The van der Waals surface area contributed by atoms with Gasteiger partial charge in [-0.15, -0.1) is 0 Å². The molecule has 0 unspecified atom stereocenters. The van der Waals surface area contributed by atoms with Crippen molar-refractivity contribution in [3.63, 3.8) is 0 Å². The lowest BCUT2D eigenvalue weighted by atomic mass is 9.93. The van der Waals surface area contributed by atoms with Crippen molar-refractivity contribution < 1.29 is 9.53 Å². The topological polar surface area (TPSA) is 59.4 Å². The van der Waals surface area contributed by atoms with Crippen LogP contribution in [-0.2, 0) is 24.8 Å². The van der Waals surface area contributed by atoms with Crippen LogP contribution in [-0.4, -0.2) is 47.3 Å². The SMILES string of the molecule is COc1cccc(CCNC(=O)CC2CCN(Cc3ccnn3C)CC2)c1. The number of likely N-dealkylation sites (tertiary alicyclic amines) is 1. The standard InChI is InChI=1S/C21H30N4O2/c1-24-19(7-11-23-24)16-25-12-8-18(9-13-25)15-21(26)22-10-6-17-4-3-5-20(14-17)27-2/h3-5,7,11,14,18H,6,8-10,12-13,15-16H2,1-2H3,(H,22,26). The van der Waals surface area contributed by atoms with E-state index in [-0.39, 0.29) is 5.91 Å². The lowest BCUT2D eigenvalue weighted by Gasteiger charge is -2.31. The second-order valence-electron chi connectivity index (χ2n) is 7.32. The number of hydrogen-bond acceptors (Lipinski definition) is 4. The average Bonchev–Trinajstić information content (AvgIpc) is 3.08. The fourth-order valence-corrected chi connectivity index (χ4v) is 3.64. The molecule has 1 aliphatic rings. The maximum atomic E-state index is 12.2. The second-order valence-corrected chi connectivity index (χ2v) is 7.32. The van der Waals surface area contributed by atoms with Gasteiger partial charge in [-0.05, 0) is 62.0 Å². The lowest BCUT2D eigenvalue weighted by molar-refractivity contribution is -0.122. The Labute approximate surface area is 161 Å². The molecule has 0 bridgehead atoms. The largest absolute Gasteiger partial charge is 0.497 e. The number of carbonyl (C=O) groups is 1. The number of benzene rings is 1. The Morgan fingerprint density at radius 1 is 1.30 bits per heavy atom. The monoisotopic (exact) mass is 370 g/mol. The van der Waals surface area contributed by atoms with Gasteiger partial charge in [0.15, 0.2) is 0 Å². The highest BCUT2D eigenvalue weighted by molar-refractivity contribution is 5.76. The van der Waals surface area contributed by atoms with Gasteiger partial charge in [-0.3, -0.25) is 14.4 Å². The molecule has 1 aromatic carbocycles. The van der Waals surface area contributed by atoms with Crippen LogP contribution >= 0.6 is 0 Å². The summed E-state index contributed by atoms with van der Waals surface area (Å²) in [6, 6.07) is 10.1. The lowest BCUT2D eigenvalue weighted by Crippen LogP contribution is -2.36. The van der Waals surface area contributed by atoms with E-state index in [1.54, 1.807) is 7.11 Å². The molecule has 6 heteroatoms. The Kier molecular flexibility index (Phi) is 6.87. The molecule has 146 valence electrons. The Morgan fingerprint density at radius 2 is 2.11 bits per heavy atom. The van der Waals surface area contributed by atoms with Gasteiger partial charge in [0.25, 0.3) is 0 Å². The predicted octanol–water partition coefficient (Wildman–Crippen LogP) is 2.39. The highest BCUT2D eigenvalue weighted by Gasteiger charge is 2.22. The Morgan fingerprint density at radius 3 is 2.81 bits per heavy atom. The van der Waals surface area contributed by atoms with Crippen molar-refractivity contribution in [1.82, 2.24) is 20.0 Å². The van der Waals surface area contributed by atoms with E-state index in [1.165, 1.54) is 11.3 Å².